The van der Waals surface area contributed by atoms with Crippen molar-refractivity contribution in [3.05, 3.63) is 0 Å². The Morgan fingerprint density at radius 2 is 1.85 bits per heavy atom. The lowest BCUT2D eigenvalue weighted by molar-refractivity contribution is 0.175. The highest BCUT2D eigenvalue weighted by Gasteiger charge is 2.22. The summed E-state index contributed by atoms with van der Waals surface area (Å²) in [6.45, 7) is 0. The van der Waals surface area contributed by atoms with Gasteiger partial charge in [-0.1, -0.05) is 0 Å². The van der Waals surface area contributed by atoms with Crippen molar-refractivity contribution in [3.63, 3.8) is 0 Å². The summed E-state index contributed by atoms with van der Waals surface area (Å²) >= 11 is 3.74. The van der Waals surface area contributed by atoms with E-state index in [1.165, 1.54) is 6.26 Å². The van der Waals surface area contributed by atoms with Gasteiger partial charge in [0.25, 0.3) is 0 Å². The molecule has 1 aliphatic rings. The first-order valence-corrected chi connectivity index (χ1v) is 6.54. The van der Waals surface area contributed by atoms with Crippen LogP contribution in [0.4, 0.5) is 0 Å². The van der Waals surface area contributed by atoms with Gasteiger partial charge in [0.2, 0.25) is 10.0 Å². The Hall–Kier alpha value is 0.220. The molecule has 0 bridgehead atoms. The predicted molar refractivity (Wildman–Crippen MR) is 54.1 cm³/mol. The van der Waals surface area contributed by atoms with Gasteiger partial charge in [-0.05, 0) is 38.6 Å². The molecule has 0 aliphatic heterocycles. The first-order valence-electron chi connectivity index (χ1n) is 4.29. The monoisotopic (exact) mass is 225 g/mol. The van der Waals surface area contributed by atoms with E-state index in [1.807, 2.05) is 0 Å². The molecule has 0 spiro atoms. The van der Waals surface area contributed by atoms with Gasteiger partial charge in [0.15, 0.2) is 0 Å². The summed E-state index contributed by atoms with van der Waals surface area (Å²) in [5, 5.41) is 0. The first-order chi connectivity index (χ1) is 6.01. The molecule has 0 heterocycles. The molecule has 0 atom stereocenters. The second-order valence-corrected chi connectivity index (χ2v) is 5.46. The Labute approximate surface area is 84.7 Å². The van der Waals surface area contributed by atoms with Crippen LogP contribution in [0, 0.1) is 0 Å². The second-order valence-electron chi connectivity index (χ2n) is 3.47. The third-order valence-corrected chi connectivity index (χ3v) is 3.26. The van der Waals surface area contributed by atoms with Crippen molar-refractivity contribution in [2.45, 2.75) is 37.8 Å². The molecule has 13 heavy (non-hydrogen) atoms. The minimum atomic E-state index is -3.06. The molecule has 0 aromatic carbocycles. The maximum atomic E-state index is 10.9. The van der Waals surface area contributed by atoms with E-state index in [0.29, 0.717) is 0 Å². The first kappa shape index (κ1) is 11.3. The summed E-state index contributed by atoms with van der Waals surface area (Å²) in [7, 11) is -3.06. The number of hydrogen-bond donors (Lipinski definition) is 2. The number of nitrogens with one attached hydrogen (secondary N) is 1. The molecule has 1 aliphatic carbocycles. The van der Waals surface area contributed by atoms with Crippen molar-refractivity contribution in [2.75, 3.05) is 6.26 Å². The molecule has 0 unspecified atom stereocenters. The highest BCUT2D eigenvalue weighted by Crippen LogP contribution is 2.22. The molecule has 0 amide bonds. The Bertz CT molecular complexity index is 244. The minimum Gasteiger partial charge on any atom is -0.315 e. The van der Waals surface area contributed by atoms with E-state index in [2.05, 4.69) is 17.6 Å². The minimum absolute atomic E-state index is 0.0785. The third kappa shape index (κ3) is 4.30. The quantitative estimate of drug-likeness (QED) is 0.549. The van der Waals surface area contributed by atoms with Gasteiger partial charge >= 0.3 is 0 Å². The largest absolute Gasteiger partial charge is 0.315 e. The van der Waals surface area contributed by atoms with Crippen LogP contribution in [0.3, 0.4) is 0 Å². The van der Waals surface area contributed by atoms with E-state index in [-0.39, 0.29) is 12.1 Å². The normalized spacial score (nSPS) is 30.3. The van der Waals surface area contributed by atoms with Crippen LogP contribution in [0.2, 0.25) is 0 Å². The predicted octanol–water partition coefficient (Wildman–Crippen LogP) is 0.708. The summed E-state index contributed by atoms with van der Waals surface area (Å²) in [6, 6.07) is 0.0785. The lowest BCUT2D eigenvalue weighted by Crippen LogP contribution is -2.38. The van der Waals surface area contributed by atoms with Gasteiger partial charge in [-0.15, -0.1) is 0 Å². The van der Waals surface area contributed by atoms with Gasteiger partial charge in [-0.2, -0.15) is 0 Å². The summed E-state index contributed by atoms with van der Waals surface area (Å²) in [6.07, 6.45) is 4.78. The molecule has 4 nitrogen and oxygen atoms in total. The molecule has 0 aromatic heterocycles. The smallest absolute Gasteiger partial charge is 0.208 e. The summed E-state index contributed by atoms with van der Waals surface area (Å²) in [5.74, 6) is 0. The fourth-order valence-electron chi connectivity index (χ4n) is 1.59. The lowest BCUT2D eigenvalue weighted by Gasteiger charge is -2.26. The molecular formula is C7H15NO3S2. The molecule has 0 saturated heterocycles. The van der Waals surface area contributed by atoms with Crippen LogP contribution < -0.4 is 4.72 Å². The number of sulfonamides is 1. The molecule has 1 fully saturated rings. The SMILES string of the molecule is CS(=O)(=O)N[C@H]1CC[C@H](OS)CC1. The van der Waals surface area contributed by atoms with Crippen LogP contribution in [0.25, 0.3) is 0 Å². The van der Waals surface area contributed by atoms with Crippen molar-refractivity contribution in [1.29, 1.82) is 0 Å². The fourth-order valence-corrected chi connectivity index (χ4v) is 2.64. The summed E-state index contributed by atoms with van der Waals surface area (Å²) in [4.78, 5) is 0. The van der Waals surface area contributed by atoms with E-state index in [1.54, 1.807) is 0 Å². The van der Waals surface area contributed by atoms with Crippen molar-refractivity contribution < 1.29 is 12.6 Å². The van der Waals surface area contributed by atoms with E-state index in [0.717, 1.165) is 25.7 Å². The van der Waals surface area contributed by atoms with Gasteiger partial charge in [-0.3, -0.25) is 0 Å². The van der Waals surface area contributed by atoms with Crippen LogP contribution in [-0.4, -0.2) is 26.8 Å². The Balaban J connectivity index is 2.33. The van der Waals surface area contributed by atoms with Gasteiger partial charge in [-0.25, -0.2) is 13.1 Å². The average Bonchev–Trinajstić information content (AvgIpc) is 2.03. The van der Waals surface area contributed by atoms with Crippen LogP contribution in [0.5, 0.6) is 0 Å². The van der Waals surface area contributed by atoms with Crippen molar-refractivity contribution >= 4 is 22.9 Å². The Morgan fingerprint density at radius 3 is 2.23 bits per heavy atom. The van der Waals surface area contributed by atoms with Crippen LogP contribution in [0.1, 0.15) is 25.7 Å². The zero-order valence-corrected chi connectivity index (χ0v) is 9.27. The van der Waals surface area contributed by atoms with Crippen LogP contribution >= 0.6 is 12.9 Å². The highest BCUT2D eigenvalue weighted by atomic mass is 32.2. The number of thiol groups is 1. The average molecular weight is 225 g/mol. The molecule has 1 rings (SSSR count). The van der Waals surface area contributed by atoms with Gasteiger partial charge in [0.05, 0.1) is 12.4 Å². The molecule has 6 heteroatoms. The molecular weight excluding hydrogens is 210 g/mol. The molecule has 0 aromatic rings. The zero-order valence-electron chi connectivity index (χ0n) is 7.56. The summed E-state index contributed by atoms with van der Waals surface area (Å²) < 4.78 is 29.3. The lowest BCUT2D eigenvalue weighted by atomic mass is 9.94. The van der Waals surface area contributed by atoms with Gasteiger partial charge in [0.1, 0.15) is 0 Å². The third-order valence-electron chi connectivity index (χ3n) is 2.20. The molecule has 78 valence electrons. The van der Waals surface area contributed by atoms with Crippen molar-refractivity contribution in [1.82, 2.24) is 4.72 Å². The van der Waals surface area contributed by atoms with Crippen LogP contribution in [0.15, 0.2) is 0 Å². The summed E-state index contributed by atoms with van der Waals surface area (Å²) in [5.41, 5.74) is 0. The highest BCUT2D eigenvalue weighted by molar-refractivity contribution is 7.88. The zero-order chi connectivity index (χ0) is 9.90. The topological polar surface area (TPSA) is 55.4 Å². The molecule has 0 radical (unpaired) electrons. The standard InChI is InChI=1S/C7H15NO3S2/c1-13(9,10)8-6-2-4-7(11-12)5-3-6/h6-8,12H,2-5H2,1H3/t6-,7-. The second kappa shape index (κ2) is 4.63. The Morgan fingerprint density at radius 1 is 1.31 bits per heavy atom. The van der Waals surface area contributed by atoms with Gasteiger partial charge in [0, 0.05) is 6.04 Å². The fraction of sp³-hybridized carbons (Fsp3) is 1.00. The number of hydrogen-bond acceptors (Lipinski definition) is 4. The molecule has 1 N–H and O–H groups in total. The maximum absolute atomic E-state index is 10.9. The van der Waals surface area contributed by atoms with E-state index in [9.17, 15) is 8.42 Å². The maximum Gasteiger partial charge on any atom is 0.208 e. The van der Waals surface area contributed by atoms with Crippen molar-refractivity contribution in [2.24, 2.45) is 0 Å². The van der Waals surface area contributed by atoms with E-state index >= 15 is 0 Å². The van der Waals surface area contributed by atoms with E-state index < -0.39 is 10.0 Å². The molecule has 1 saturated carbocycles. The van der Waals surface area contributed by atoms with Crippen molar-refractivity contribution in [3.8, 4) is 0 Å². The Kier molecular flexibility index (Phi) is 4.03. The van der Waals surface area contributed by atoms with Gasteiger partial charge < -0.3 is 4.18 Å². The van der Waals surface area contributed by atoms with Crippen LogP contribution in [-0.2, 0) is 14.2 Å². The number of rotatable bonds is 3. The van der Waals surface area contributed by atoms with E-state index in [4.69, 9.17) is 4.18 Å².